The summed E-state index contributed by atoms with van der Waals surface area (Å²) < 4.78 is 28.6. The maximum absolute atomic E-state index is 14.0. The van der Waals surface area contributed by atoms with Gasteiger partial charge in [-0.2, -0.15) is 0 Å². The SMILES string of the molecule is CCC(C(=O)NC(C)C)N(Cc1ccc(C)cc1)C(=O)CN(c1cc(Cl)ccc1Cl)S(=O)(=O)c1ccccc1. The zero-order valence-corrected chi connectivity index (χ0v) is 24.7. The van der Waals surface area contributed by atoms with Gasteiger partial charge in [0.2, 0.25) is 11.8 Å². The van der Waals surface area contributed by atoms with Crippen LogP contribution in [0.5, 0.6) is 0 Å². The lowest BCUT2D eigenvalue weighted by Crippen LogP contribution is -2.53. The largest absolute Gasteiger partial charge is 0.352 e. The predicted octanol–water partition coefficient (Wildman–Crippen LogP) is 5.83. The van der Waals surface area contributed by atoms with Gasteiger partial charge in [0, 0.05) is 17.6 Å². The van der Waals surface area contributed by atoms with E-state index in [-0.39, 0.29) is 39.1 Å². The molecule has 1 atom stereocenters. The van der Waals surface area contributed by atoms with Crippen molar-refractivity contribution >= 4 is 50.7 Å². The Morgan fingerprint density at radius 1 is 0.949 bits per heavy atom. The average molecular weight is 591 g/mol. The summed E-state index contributed by atoms with van der Waals surface area (Å²) in [7, 11) is -4.23. The van der Waals surface area contributed by atoms with E-state index < -0.39 is 28.5 Å². The van der Waals surface area contributed by atoms with Crippen LogP contribution in [0.4, 0.5) is 5.69 Å². The fourth-order valence-electron chi connectivity index (χ4n) is 4.10. The number of amides is 2. The van der Waals surface area contributed by atoms with E-state index >= 15 is 0 Å². The molecule has 3 rings (SSSR count). The quantitative estimate of drug-likeness (QED) is 0.305. The van der Waals surface area contributed by atoms with Crippen LogP contribution in [-0.4, -0.2) is 43.8 Å². The zero-order valence-electron chi connectivity index (χ0n) is 22.4. The molecule has 0 heterocycles. The molecule has 0 bridgehead atoms. The summed E-state index contributed by atoms with van der Waals surface area (Å²) in [5.74, 6) is -0.872. The highest BCUT2D eigenvalue weighted by Crippen LogP contribution is 2.33. The molecular formula is C29H33Cl2N3O4S. The van der Waals surface area contributed by atoms with Crippen molar-refractivity contribution in [1.29, 1.82) is 0 Å². The first-order valence-corrected chi connectivity index (χ1v) is 14.8. The molecule has 3 aromatic carbocycles. The predicted molar refractivity (Wildman–Crippen MR) is 157 cm³/mol. The van der Waals surface area contributed by atoms with Gasteiger partial charge in [-0.05, 0) is 63.1 Å². The highest BCUT2D eigenvalue weighted by atomic mass is 35.5. The van der Waals surface area contributed by atoms with Gasteiger partial charge in [0.1, 0.15) is 12.6 Å². The number of nitrogens with one attached hydrogen (secondary N) is 1. The van der Waals surface area contributed by atoms with E-state index in [1.807, 2.05) is 52.0 Å². The van der Waals surface area contributed by atoms with E-state index in [1.54, 1.807) is 18.2 Å². The standard InChI is InChI=1S/C29H33Cl2N3O4S/c1-5-26(29(36)32-20(2)3)33(18-22-13-11-21(4)12-14-22)28(35)19-34(27-17-23(30)15-16-25(27)31)39(37,38)24-9-7-6-8-10-24/h6-17,20,26H,5,18-19H2,1-4H3,(H,32,36). The van der Waals surface area contributed by atoms with Gasteiger partial charge < -0.3 is 10.2 Å². The van der Waals surface area contributed by atoms with E-state index in [4.69, 9.17) is 23.2 Å². The number of halogens is 2. The van der Waals surface area contributed by atoms with Crippen LogP contribution >= 0.6 is 23.2 Å². The smallest absolute Gasteiger partial charge is 0.264 e. The molecule has 3 aromatic rings. The van der Waals surface area contributed by atoms with Crippen LogP contribution in [0.25, 0.3) is 0 Å². The summed E-state index contributed by atoms with van der Waals surface area (Å²) in [6, 6.07) is 18.9. The van der Waals surface area contributed by atoms with Crippen LogP contribution in [0.15, 0.2) is 77.7 Å². The third-order valence-electron chi connectivity index (χ3n) is 6.08. The van der Waals surface area contributed by atoms with Crippen LogP contribution in [0.2, 0.25) is 10.0 Å². The number of anilines is 1. The summed E-state index contributed by atoms with van der Waals surface area (Å²) in [5.41, 5.74) is 1.93. The molecular weight excluding hydrogens is 557 g/mol. The third-order valence-corrected chi connectivity index (χ3v) is 8.41. The monoisotopic (exact) mass is 589 g/mol. The number of carbonyl (C=O) groups is 2. The third kappa shape index (κ3) is 7.75. The molecule has 7 nitrogen and oxygen atoms in total. The van der Waals surface area contributed by atoms with Crippen LogP contribution in [0.1, 0.15) is 38.3 Å². The van der Waals surface area contributed by atoms with Gasteiger partial charge in [0.25, 0.3) is 10.0 Å². The van der Waals surface area contributed by atoms with Gasteiger partial charge in [0.15, 0.2) is 0 Å². The molecule has 0 saturated heterocycles. The topological polar surface area (TPSA) is 86.8 Å². The number of hydrogen-bond donors (Lipinski definition) is 1. The molecule has 0 spiro atoms. The molecule has 0 aliphatic rings. The Kier molecular flexibility index (Phi) is 10.4. The second-order valence-corrected chi connectivity index (χ2v) is 12.2. The first-order valence-electron chi connectivity index (χ1n) is 12.6. The van der Waals surface area contributed by atoms with E-state index in [0.717, 1.165) is 15.4 Å². The molecule has 0 saturated carbocycles. The number of aryl methyl sites for hydroxylation is 1. The second-order valence-electron chi connectivity index (χ2n) is 9.52. The molecule has 0 aromatic heterocycles. The van der Waals surface area contributed by atoms with Gasteiger partial charge in [0.05, 0.1) is 15.6 Å². The molecule has 0 aliphatic heterocycles. The summed E-state index contributed by atoms with van der Waals surface area (Å²) in [4.78, 5) is 28.6. The summed E-state index contributed by atoms with van der Waals surface area (Å²) in [5, 5.41) is 3.25. The normalized spacial score (nSPS) is 12.2. The van der Waals surface area contributed by atoms with Crippen molar-refractivity contribution in [2.75, 3.05) is 10.8 Å². The molecule has 208 valence electrons. The fourth-order valence-corrected chi connectivity index (χ4v) is 5.98. The summed E-state index contributed by atoms with van der Waals surface area (Å²) in [6.07, 6.45) is 0.333. The van der Waals surface area contributed by atoms with Gasteiger partial charge in [-0.15, -0.1) is 0 Å². The lowest BCUT2D eigenvalue weighted by Gasteiger charge is -2.33. The maximum Gasteiger partial charge on any atom is 0.264 e. The van der Waals surface area contributed by atoms with Crippen molar-refractivity contribution in [2.45, 2.75) is 57.6 Å². The highest BCUT2D eigenvalue weighted by Gasteiger charge is 2.34. The molecule has 1 N–H and O–H groups in total. The molecule has 10 heteroatoms. The summed E-state index contributed by atoms with van der Waals surface area (Å²) >= 11 is 12.6. The Morgan fingerprint density at radius 2 is 1.59 bits per heavy atom. The minimum absolute atomic E-state index is 0.0106. The number of rotatable bonds is 11. The number of nitrogens with zero attached hydrogens (tertiary/aromatic N) is 2. The Morgan fingerprint density at radius 3 is 2.18 bits per heavy atom. The van der Waals surface area contributed by atoms with Crippen LogP contribution in [0.3, 0.4) is 0 Å². The molecule has 39 heavy (non-hydrogen) atoms. The molecule has 0 aliphatic carbocycles. The Hall–Kier alpha value is -3.07. The van der Waals surface area contributed by atoms with Gasteiger partial charge >= 0.3 is 0 Å². The van der Waals surface area contributed by atoms with Crippen LogP contribution in [-0.2, 0) is 26.2 Å². The first-order chi connectivity index (χ1) is 18.4. The van der Waals surface area contributed by atoms with Gasteiger partial charge in [-0.3, -0.25) is 13.9 Å². The zero-order chi connectivity index (χ0) is 28.7. The van der Waals surface area contributed by atoms with Crippen molar-refractivity contribution in [1.82, 2.24) is 10.2 Å². The van der Waals surface area contributed by atoms with Crippen LogP contribution < -0.4 is 9.62 Å². The van der Waals surface area contributed by atoms with Crippen molar-refractivity contribution in [3.63, 3.8) is 0 Å². The van der Waals surface area contributed by atoms with Crippen molar-refractivity contribution in [3.8, 4) is 0 Å². The number of benzene rings is 3. The Balaban J connectivity index is 2.09. The van der Waals surface area contributed by atoms with E-state index in [2.05, 4.69) is 5.32 Å². The molecule has 1 unspecified atom stereocenters. The number of sulfonamides is 1. The lowest BCUT2D eigenvalue weighted by atomic mass is 10.1. The Bertz CT molecular complexity index is 1400. The van der Waals surface area contributed by atoms with Crippen molar-refractivity contribution in [3.05, 3.63) is 94.0 Å². The molecule has 0 radical (unpaired) electrons. The van der Waals surface area contributed by atoms with Crippen LogP contribution in [0, 0.1) is 6.92 Å². The average Bonchev–Trinajstić information content (AvgIpc) is 2.89. The lowest BCUT2D eigenvalue weighted by molar-refractivity contribution is -0.140. The van der Waals surface area contributed by atoms with Crippen molar-refractivity contribution < 1.29 is 18.0 Å². The van der Waals surface area contributed by atoms with E-state index in [0.29, 0.717) is 6.42 Å². The van der Waals surface area contributed by atoms with Gasteiger partial charge in [-0.1, -0.05) is 78.2 Å². The van der Waals surface area contributed by atoms with Crippen molar-refractivity contribution in [2.24, 2.45) is 0 Å². The maximum atomic E-state index is 14.0. The van der Waals surface area contributed by atoms with E-state index in [9.17, 15) is 18.0 Å². The highest BCUT2D eigenvalue weighted by molar-refractivity contribution is 7.92. The van der Waals surface area contributed by atoms with E-state index in [1.165, 1.54) is 35.2 Å². The molecule has 2 amide bonds. The van der Waals surface area contributed by atoms with Gasteiger partial charge in [-0.25, -0.2) is 8.42 Å². The fraction of sp³-hybridized carbons (Fsp3) is 0.310. The number of carbonyl (C=O) groups excluding carboxylic acids is 2. The number of hydrogen-bond acceptors (Lipinski definition) is 4. The Labute approximate surface area is 240 Å². The minimum Gasteiger partial charge on any atom is -0.352 e. The first kappa shape index (κ1) is 30.5. The summed E-state index contributed by atoms with van der Waals surface area (Å²) in [6.45, 7) is 6.98. The minimum atomic E-state index is -4.23. The molecule has 0 fully saturated rings. The second kappa shape index (κ2) is 13.3.